The highest BCUT2D eigenvalue weighted by Crippen LogP contribution is 2.28. The van der Waals surface area contributed by atoms with Crippen LogP contribution in [0.3, 0.4) is 0 Å². The number of para-hydroxylation sites is 1. The molecule has 27 heavy (non-hydrogen) atoms. The van der Waals surface area contributed by atoms with Gasteiger partial charge in [0.1, 0.15) is 10.7 Å². The minimum absolute atomic E-state index is 0.175. The third-order valence-electron chi connectivity index (χ3n) is 4.51. The Labute approximate surface area is 162 Å². The van der Waals surface area contributed by atoms with Gasteiger partial charge in [0.25, 0.3) is 5.91 Å². The molecule has 1 amide bonds. The van der Waals surface area contributed by atoms with Gasteiger partial charge in [-0.3, -0.25) is 4.79 Å². The van der Waals surface area contributed by atoms with Crippen LogP contribution in [-0.2, 0) is 10.0 Å². The van der Waals surface area contributed by atoms with Crippen LogP contribution in [0.4, 0.5) is 15.2 Å². The number of hydrogen-bond donors (Lipinski definition) is 0. The average molecular weight is 413 g/mol. The molecule has 0 bridgehead atoms. The van der Waals surface area contributed by atoms with Crippen LogP contribution >= 0.6 is 11.3 Å². The Morgan fingerprint density at radius 2 is 1.85 bits per heavy atom. The maximum atomic E-state index is 13.9. The molecule has 0 radical (unpaired) electrons. The molecule has 0 unspecified atom stereocenters. The molecule has 3 rings (SSSR count). The zero-order valence-corrected chi connectivity index (χ0v) is 17.0. The number of hydrogen-bond acceptors (Lipinski definition) is 6. The van der Waals surface area contributed by atoms with Gasteiger partial charge in [-0.2, -0.15) is 0 Å². The summed E-state index contributed by atoms with van der Waals surface area (Å²) in [6, 6.07) is 6.59. The minimum atomic E-state index is -3.44. The van der Waals surface area contributed by atoms with E-state index in [2.05, 4.69) is 4.98 Å². The lowest BCUT2D eigenvalue weighted by Gasteiger charge is -2.36. The van der Waals surface area contributed by atoms with Crippen molar-refractivity contribution in [2.75, 3.05) is 48.7 Å². The number of anilines is 2. The van der Waals surface area contributed by atoms with E-state index >= 15 is 0 Å². The lowest BCUT2D eigenvalue weighted by Crippen LogP contribution is -2.49. The highest BCUT2D eigenvalue weighted by Gasteiger charge is 2.27. The number of aromatic nitrogens is 1. The molecular formula is C17H21FN4O3S2. The van der Waals surface area contributed by atoms with Crippen molar-refractivity contribution in [1.29, 1.82) is 0 Å². The summed E-state index contributed by atoms with van der Waals surface area (Å²) in [5.41, 5.74) is 1.04. The number of rotatable bonds is 4. The Bertz CT molecular complexity index is 953. The van der Waals surface area contributed by atoms with Gasteiger partial charge in [0.05, 0.1) is 17.6 Å². The topological polar surface area (TPSA) is 73.8 Å². The molecule has 1 aromatic heterocycles. The molecule has 7 nitrogen and oxygen atoms in total. The summed E-state index contributed by atoms with van der Waals surface area (Å²) < 4.78 is 38.4. The minimum Gasteiger partial charge on any atom is -0.366 e. The zero-order valence-electron chi connectivity index (χ0n) is 15.3. The van der Waals surface area contributed by atoms with E-state index in [9.17, 15) is 17.6 Å². The Morgan fingerprint density at radius 1 is 1.22 bits per heavy atom. The molecule has 146 valence electrons. The Balaban J connectivity index is 1.71. The number of halogens is 1. The Morgan fingerprint density at radius 3 is 2.44 bits per heavy atom. The van der Waals surface area contributed by atoms with Gasteiger partial charge in [0.15, 0.2) is 5.13 Å². The Hall–Kier alpha value is -2.20. The molecule has 0 N–H and O–H groups in total. The summed E-state index contributed by atoms with van der Waals surface area (Å²) >= 11 is 1.07. The molecule has 10 heteroatoms. The second-order valence-corrected chi connectivity index (χ2v) is 9.36. The predicted molar refractivity (Wildman–Crippen MR) is 105 cm³/mol. The van der Waals surface area contributed by atoms with Crippen LogP contribution in [0.1, 0.15) is 15.4 Å². The molecule has 0 aliphatic carbocycles. The van der Waals surface area contributed by atoms with Gasteiger partial charge in [-0.05, 0) is 19.1 Å². The lowest BCUT2D eigenvalue weighted by molar-refractivity contribution is 0.0750. The molecule has 0 atom stereocenters. The van der Waals surface area contributed by atoms with Crippen molar-refractivity contribution < 1.29 is 17.6 Å². The lowest BCUT2D eigenvalue weighted by atomic mass is 10.2. The number of carbonyl (C=O) groups is 1. The van der Waals surface area contributed by atoms with E-state index in [1.807, 2.05) is 4.90 Å². The number of carbonyl (C=O) groups excluding carboxylic acids is 1. The first-order chi connectivity index (χ1) is 12.7. The molecule has 0 saturated carbocycles. The predicted octanol–water partition coefficient (Wildman–Crippen LogP) is 1.95. The van der Waals surface area contributed by atoms with E-state index < -0.39 is 10.0 Å². The largest absolute Gasteiger partial charge is 0.366 e. The molecule has 1 aliphatic rings. The van der Waals surface area contributed by atoms with E-state index in [1.165, 1.54) is 13.1 Å². The van der Waals surface area contributed by atoms with Crippen LogP contribution in [-0.4, -0.2) is 63.7 Å². The van der Waals surface area contributed by atoms with Gasteiger partial charge < -0.3 is 9.80 Å². The number of thiazole rings is 1. The fourth-order valence-corrected chi connectivity index (χ4v) is 4.61. The van der Waals surface area contributed by atoms with Crippen molar-refractivity contribution in [2.45, 2.75) is 6.92 Å². The molecular weight excluding hydrogens is 391 g/mol. The van der Waals surface area contributed by atoms with E-state index in [0.717, 1.165) is 21.9 Å². The molecule has 0 spiro atoms. The normalized spacial score (nSPS) is 15.1. The van der Waals surface area contributed by atoms with Crippen molar-refractivity contribution in [3.05, 3.63) is 40.7 Å². The van der Waals surface area contributed by atoms with Crippen LogP contribution < -0.4 is 9.21 Å². The molecule has 2 heterocycles. The zero-order chi connectivity index (χ0) is 19.8. The SMILES string of the molecule is Cc1nc(N(C)S(C)(=O)=O)sc1C(=O)N1CCN(c2ccccc2F)CC1. The number of aryl methyl sites for hydroxylation is 1. The van der Waals surface area contributed by atoms with Gasteiger partial charge in [-0.25, -0.2) is 22.1 Å². The summed E-state index contributed by atoms with van der Waals surface area (Å²) in [5, 5.41) is 0.267. The monoisotopic (exact) mass is 412 g/mol. The summed E-state index contributed by atoms with van der Waals surface area (Å²) in [7, 11) is -2.03. The summed E-state index contributed by atoms with van der Waals surface area (Å²) in [5.74, 6) is -0.449. The van der Waals surface area contributed by atoms with Crippen LogP contribution in [0.5, 0.6) is 0 Å². The van der Waals surface area contributed by atoms with Crippen LogP contribution in [0.2, 0.25) is 0 Å². The van der Waals surface area contributed by atoms with Crippen LogP contribution in [0, 0.1) is 12.7 Å². The van der Waals surface area contributed by atoms with Crippen LogP contribution in [0.25, 0.3) is 0 Å². The Kier molecular flexibility index (Phi) is 5.38. The van der Waals surface area contributed by atoms with E-state index in [4.69, 9.17) is 0 Å². The highest BCUT2D eigenvalue weighted by molar-refractivity contribution is 7.92. The molecule has 1 saturated heterocycles. The van der Waals surface area contributed by atoms with Crippen molar-refractivity contribution in [2.24, 2.45) is 0 Å². The summed E-state index contributed by atoms with van der Waals surface area (Å²) in [6.07, 6.45) is 1.09. The number of benzene rings is 1. The van der Waals surface area contributed by atoms with E-state index in [0.29, 0.717) is 42.4 Å². The van der Waals surface area contributed by atoms with Crippen molar-refractivity contribution in [3.8, 4) is 0 Å². The first-order valence-corrected chi connectivity index (χ1v) is 11.0. The maximum Gasteiger partial charge on any atom is 0.266 e. The van der Waals surface area contributed by atoms with Gasteiger partial charge in [0.2, 0.25) is 10.0 Å². The smallest absolute Gasteiger partial charge is 0.266 e. The number of amides is 1. The van der Waals surface area contributed by atoms with E-state index in [1.54, 1.807) is 30.0 Å². The summed E-state index contributed by atoms with van der Waals surface area (Å²) in [4.78, 5) is 21.1. The van der Waals surface area contributed by atoms with Crippen LogP contribution in [0.15, 0.2) is 24.3 Å². The van der Waals surface area contributed by atoms with Gasteiger partial charge in [0, 0.05) is 33.2 Å². The fraction of sp³-hybridized carbons (Fsp3) is 0.412. The maximum absolute atomic E-state index is 13.9. The number of sulfonamides is 1. The van der Waals surface area contributed by atoms with Crippen molar-refractivity contribution >= 4 is 38.1 Å². The van der Waals surface area contributed by atoms with E-state index in [-0.39, 0.29) is 16.9 Å². The van der Waals surface area contributed by atoms with Crippen molar-refractivity contribution in [3.63, 3.8) is 0 Å². The number of nitrogens with zero attached hydrogens (tertiary/aromatic N) is 4. The highest BCUT2D eigenvalue weighted by atomic mass is 32.2. The molecule has 1 aliphatic heterocycles. The fourth-order valence-electron chi connectivity index (χ4n) is 2.86. The second-order valence-electron chi connectivity index (χ2n) is 6.37. The van der Waals surface area contributed by atoms with Crippen molar-refractivity contribution in [1.82, 2.24) is 9.88 Å². The number of piperazine rings is 1. The first-order valence-electron chi connectivity index (χ1n) is 8.38. The average Bonchev–Trinajstić information content (AvgIpc) is 3.02. The molecule has 2 aromatic rings. The third-order valence-corrected chi connectivity index (χ3v) is 7.01. The quantitative estimate of drug-likeness (QED) is 0.767. The first kappa shape index (κ1) is 19.6. The van der Waals surface area contributed by atoms with Gasteiger partial charge >= 0.3 is 0 Å². The van der Waals surface area contributed by atoms with Gasteiger partial charge in [-0.1, -0.05) is 23.5 Å². The van der Waals surface area contributed by atoms with Gasteiger partial charge in [-0.15, -0.1) is 0 Å². The summed E-state index contributed by atoms with van der Waals surface area (Å²) in [6.45, 7) is 3.67. The second kappa shape index (κ2) is 7.43. The standard InChI is InChI=1S/C17H21FN4O3S2/c1-12-15(26-17(19-12)20(2)27(3,24)25)16(23)22-10-8-21(9-11-22)14-7-5-4-6-13(14)18/h4-7H,8-11H2,1-3H3. The third kappa shape index (κ3) is 4.06. The molecule has 1 fully saturated rings. The molecule has 1 aromatic carbocycles.